The fourth-order valence-corrected chi connectivity index (χ4v) is 3.74. The summed E-state index contributed by atoms with van der Waals surface area (Å²) in [6, 6.07) is 5.13. The van der Waals surface area contributed by atoms with Crippen LogP contribution in [0.25, 0.3) is 0 Å². The highest BCUT2D eigenvalue weighted by molar-refractivity contribution is 5.99. The van der Waals surface area contributed by atoms with Gasteiger partial charge in [-0.05, 0) is 38.8 Å². The van der Waals surface area contributed by atoms with Crippen LogP contribution in [0.1, 0.15) is 50.9 Å². The number of hydrogen-bond acceptors (Lipinski definition) is 4. The number of nitrogens with one attached hydrogen (secondary N) is 4. The first-order chi connectivity index (χ1) is 13.2. The SMILES string of the molecule is CC(=O)C1=C(C)NC(=O)NC1c1cccc(C2NC(=O)NC(C)=C2C(C)=O)c1. The van der Waals surface area contributed by atoms with E-state index in [-0.39, 0.29) is 11.6 Å². The van der Waals surface area contributed by atoms with Crippen LogP contribution >= 0.6 is 0 Å². The number of hydrogen-bond donors (Lipinski definition) is 4. The molecule has 0 aromatic heterocycles. The maximum atomic E-state index is 12.1. The zero-order valence-electron chi connectivity index (χ0n) is 16.1. The van der Waals surface area contributed by atoms with Crippen molar-refractivity contribution in [1.29, 1.82) is 0 Å². The summed E-state index contributed by atoms with van der Waals surface area (Å²) >= 11 is 0. The van der Waals surface area contributed by atoms with Crippen LogP contribution in [0, 0.1) is 0 Å². The monoisotopic (exact) mass is 382 g/mol. The van der Waals surface area contributed by atoms with Crippen molar-refractivity contribution in [1.82, 2.24) is 21.3 Å². The average molecular weight is 382 g/mol. The maximum Gasteiger partial charge on any atom is 0.319 e. The van der Waals surface area contributed by atoms with Crippen LogP contribution in [0.5, 0.6) is 0 Å². The number of urea groups is 2. The maximum absolute atomic E-state index is 12.1. The standard InChI is InChI=1S/C20H22N4O4/c1-9-15(11(3)25)17(23-19(27)21-9)13-6-5-7-14(8-13)18-16(12(4)26)10(2)22-20(28)24-18/h5-8,17-18H,1-4H3,(H2,21,23,27)(H2,22,24,28). The summed E-state index contributed by atoms with van der Waals surface area (Å²) < 4.78 is 0. The van der Waals surface area contributed by atoms with Crippen LogP contribution in [-0.2, 0) is 9.59 Å². The lowest BCUT2D eigenvalue weighted by Crippen LogP contribution is -2.45. The highest BCUT2D eigenvalue weighted by Gasteiger charge is 2.32. The Bertz CT molecular complexity index is 887. The summed E-state index contributed by atoms with van der Waals surface area (Å²) in [6.07, 6.45) is 0. The van der Waals surface area contributed by atoms with Gasteiger partial charge in [0, 0.05) is 22.5 Å². The molecule has 4 amide bonds. The van der Waals surface area contributed by atoms with E-state index in [4.69, 9.17) is 0 Å². The normalized spacial score (nSPS) is 22.1. The van der Waals surface area contributed by atoms with Gasteiger partial charge in [0.05, 0.1) is 12.1 Å². The fourth-order valence-electron chi connectivity index (χ4n) is 3.74. The lowest BCUT2D eigenvalue weighted by atomic mass is 9.88. The van der Waals surface area contributed by atoms with E-state index in [1.165, 1.54) is 13.8 Å². The molecule has 3 rings (SSSR count). The van der Waals surface area contributed by atoms with E-state index in [2.05, 4.69) is 21.3 Å². The molecule has 0 fully saturated rings. The molecule has 1 aromatic carbocycles. The second kappa shape index (κ2) is 7.30. The number of Topliss-reactive ketones (excluding diaryl/α,β-unsaturated/α-hetero) is 2. The van der Waals surface area contributed by atoms with Gasteiger partial charge in [0.15, 0.2) is 11.6 Å². The first kappa shape index (κ1) is 19.3. The zero-order valence-corrected chi connectivity index (χ0v) is 16.1. The number of carbonyl (C=O) groups excluding carboxylic acids is 4. The molecule has 1 aromatic rings. The molecule has 8 heteroatoms. The van der Waals surface area contributed by atoms with Gasteiger partial charge in [0.1, 0.15) is 0 Å². The molecule has 8 nitrogen and oxygen atoms in total. The van der Waals surface area contributed by atoms with E-state index >= 15 is 0 Å². The quantitative estimate of drug-likeness (QED) is 0.638. The predicted molar refractivity (Wildman–Crippen MR) is 102 cm³/mol. The molecule has 0 bridgehead atoms. The number of benzene rings is 1. The Balaban J connectivity index is 2.07. The fraction of sp³-hybridized carbons (Fsp3) is 0.300. The highest BCUT2D eigenvalue weighted by Crippen LogP contribution is 2.32. The summed E-state index contributed by atoms with van der Waals surface area (Å²) in [6.45, 7) is 6.25. The minimum atomic E-state index is -0.616. The van der Waals surface area contributed by atoms with Crippen molar-refractivity contribution in [3.8, 4) is 0 Å². The van der Waals surface area contributed by atoms with Crippen molar-refractivity contribution < 1.29 is 19.2 Å². The molecular formula is C20H22N4O4. The number of rotatable bonds is 4. The van der Waals surface area contributed by atoms with Crippen LogP contribution in [0.15, 0.2) is 46.8 Å². The molecule has 146 valence electrons. The minimum absolute atomic E-state index is 0.157. The van der Waals surface area contributed by atoms with Crippen LogP contribution in [0.2, 0.25) is 0 Å². The molecule has 0 spiro atoms. The van der Waals surface area contributed by atoms with Gasteiger partial charge in [-0.25, -0.2) is 9.59 Å². The van der Waals surface area contributed by atoms with Gasteiger partial charge in [0.25, 0.3) is 0 Å². The summed E-state index contributed by atoms with van der Waals surface area (Å²) in [5.41, 5.74) is 3.30. The minimum Gasteiger partial charge on any atom is -0.327 e. The van der Waals surface area contributed by atoms with Crippen LogP contribution in [-0.4, -0.2) is 23.6 Å². The van der Waals surface area contributed by atoms with E-state index in [0.29, 0.717) is 33.7 Å². The molecular weight excluding hydrogens is 360 g/mol. The molecule has 0 radical (unpaired) electrons. The van der Waals surface area contributed by atoms with E-state index in [9.17, 15) is 19.2 Å². The third kappa shape index (κ3) is 3.53. The molecule has 0 saturated heterocycles. The average Bonchev–Trinajstić information content (AvgIpc) is 2.59. The van der Waals surface area contributed by atoms with Crippen molar-refractivity contribution in [3.63, 3.8) is 0 Å². The molecule has 2 aliphatic rings. The third-order valence-corrected chi connectivity index (χ3v) is 4.87. The van der Waals surface area contributed by atoms with Crippen molar-refractivity contribution in [2.75, 3.05) is 0 Å². The Morgan fingerprint density at radius 2 is 1.18 bits per heavy atom. The summed E-state index contributed by atoms with van der Waals surface area (Å²) in [4.78, 5) is 48.2. The van der Waals surface area contributed by atoms with Gasteiger partial charge < -0.3 is 21.3 Å². The predicted octanol–water partition coefficient (Wildman–Crippen LogP) is 2.12. The van der Waals surface area contributed by atoms with Crippen molar-refractivity contribution in [3.05, 3.63) is 57.9 Å². The zero-order chi connectivity index (χ0) is 20.6. The van der Waals surface area contributed by atoms with Gasteiger partial charge in [-0.15, -0.1) is 0 Å². The van der Waals surface area contributed by atoms with Crippen LogP contribution < -0.4 is 21.3 Å². The molecule has 2 unspecified atom stereocenters. The van der Waals surface area contributed by atoms with E-state index in [0.717, 1.165) is 0 Å². The second-order valence-electron chi connectivity index (χ2n) is 6.92. The van der Waals surface area contributed by atoms with Gasteiger partial charge >= 0.3 is 12.1 Å². The topological polar surface area (TPSA) is 116 Å². The summed E-state index contributed by atoms with van der Waals surface area (Å²) in [7, 11) is 0. The first-order valence-electron chi connectivity index (χ1n) is 8.87. The summed E-state index contributed by atoms with van der Waals surface area (Å²) in [5.74, 6) is -0.313. The Labute approximate surface area is 162 Å². The van der Waals surface area contributed by atoms with Crippen LogP contribution in [0.3, 0.4) is 0 Å². The highest BCUT2D eigenvalue weighted by atomic mass is 16.2. The molecule has 2 heterocycles. The molecule has 28 heavy (non-hydrogen) atoms. The van der Waals surface area contributed by atoms with Gasteiger partial charge in [-0.3, -0.25) is 9.59 Å². The largest absolute Gasteiger partial charge is 0.327 e. The Morgan fingerprint density at radius 3 is 1.54 bits per heavy atom. The van der Waals surface area contributed by atoms with Crippen molar-refractivity contribution >= 4 is 23.6 Å². The lowest BCUT2D eigenvalue weighted by molar-refractivity contribution is -0.114. The number of ketones is 2. The van der Waals surface area contributed by atoms with E-state index in [1.54, 1.807) is 38.1 Å². The molecule has 2 atom stereocenters. The second-order valence-corrected chi connectivity index (χ2v) is 6.92. The molecule has 0 aliphatic carbocycles. The number of amides is 4. The Morgan fingerprint density at radius 1 is 0.786 bits per heavy atom. The summed E-state index contributed by atoms with van der Waals surface area (Å²) in [5, 5.41) is 10.8. The van der Waals surface area contributed by atoms with Gasteiger partial charge in [-0.2, -0.15) is 0 Å². The van der Waals surface area contributed by atoms with Gasteiger partial charge in [0.2, 0.25) is 0 Å². The molecule has 4 N–H and O–H groups in total. The van der Waals surface area contributed by atoms with Crippen molar-refractivity contribution in [2.45, 2.75) is 39.8 Å². The number of carbonyl (C=O) groups is 4. The molecule has 0 saturated carbocycles. The smallest absolute Gasteiger partial charge is 0.319 e. The van der Waals surface area contributed by atoms with E-state index < -0.39 is 24.1 Å². The lowest BCUT2D eigenvalue weighted by Gasteiger charge is -2.30. The van der Waals surface area contributed by atoms with Crippen molar-refractivity contribution in [2.24, 2.45) is 0 Å². The van der Waals surface area contributed by atoms with Crippen LogP contribution in [0.4, 0.5) is 9.59 Å². The van der Waals surface area contributed by atoms with Gasteiger partial charge in [-0.1, -0.05) is 24.3 Å². The first-order valence-corrected chi connectivity index (χ1v) is 8.87. The Hall–Kier alpha value is -3.42. The third-order valence-electron chi connectivity index (χ3n) is 4.87. The van der Waals surface area contributed by atoms with E-state index in [1.807, 2.05) is 0 Å². The Kier molecular flexibility index (Phi) is 5.04. The molecule has 2 aliphatic heterocycles. The number of allylic oxidation sites excluding steroid dienone is 2.